The number of hydrogen-bond acceptors (Lipinski definition) is 2. The smallest absolute Gasteiger partial charge is 0.224 e. The van der Waals surface area contributed by atoms with Gasteiger partial charge < -0.3 is 5.32 Å². The van der Waals surface area contributed by atoms with Crippen LogP contribution in [0.15, 0.2) is 59.3 Å². The van der Waals surface area contributed by atoms with Crippen molar-refractivity contribution in [3.05, 3.63) is 81.3 Å². The van der Waals surface area contributed by atoms with Crippen LogP contribution >= 0.6 is 22.9 Å². The van der Waals surface area contributed by atoms with Crippen LogP contribution in [0.4, 0.5) is 4.39 Å². The highest BCUT2D eigenvalue weighted by Gasteiger charge is 2.12. The maximum atomic E-state index is 13.8. The Hall–Kier alpha value is -2.17. The number of hydrogen-bond donors (Lipinski definition) is 1. The molecule has 1 aromatic heterocycles. The Bertz CT molecular complexity index is 828. The van der Waals surface area contributed by atoms with E-state index < -0.39 is 5.82 Å². The van der Waals surface area contributed by atoms with Gasteiger partial charge in [0.05, 0.1) is 6.42 Å². The van der Waals surface area contributed by atoms with Crippen molar-refractivity contribution >= 4 is 28.8 Å². The van der Waals surface area contributed by atoms with E-state index in [1.165, 1.54) is 12.1 Å². The zero-order valence-corrected chi connectivity index (χ0v) is 14.3. The summed E-state index contributed by atoms with van der Waals surface area (Å²) in [5.74, 6) is -0.724. The van der Waals surface area contributed by atoms with E-state index in [-0.39, 0.29) is 22.9 Å². The lowest BCUT2D eigenvalue weighted by molar-refractivity contribution is -0.120. The van der Waals surface area contributed by atoms with Crippen LogP contribution in [0.1, 0.15) is 11.1 Å². The molecule has 0 saturated carbocycles. The molecular formula is C19H15ClFNOS. The lowest BCUT2D eigenvalue weighted by Crippen LogP contribution is -2.25. The minimum absolute atomic E-state index is 0.0773. The van der Waals surface area contributed by atoms with Crippen LogP contribution in [0.25, 0.3) is 11.1 Å². The van der Waals surface area contributed by atoms with Gasteiger partial charge in [-0.1, -0.05) is 41.9 Å². The summed E-state index contributed by atoms with van der Waals surface area (Å²) in [6.07, 6.45) is -0.0773. The van der Waals surface area contributed by atoms with Crippen LogP contribution in [0, 0.1) is 5.82 Å². The van der Waals surface area contributed by atoms with Crippen LogP contribution in [0.3, 0.4) is 0 Å². The van der Waals surface area contributed by atoms with Gasteiger partial charge in [-0.2, -0.15) is 11.3 Å². The molecule has 0 aliphatic heterocycles. The molecule has 0 bridgehead atoms. The summed E-state index contributed by atoms with van der Waals surface area (Å²) in [6, 6.07) is 14.4. The molecule has 0 unspecified atom stereocenters. The van der Waals surface area contributed by atoms with Gasteiger partial charge in [0.15, 0.2) is 0 Å². The number of benzene rings is 2. The number of amides is 1. The lowest BCUT2D eigenvalue weighted by atomic mass is 10.0. The normalized spacial score (nSPS) is 10.6. The largest absolute Gasteiger partial charge is 0.352 e. The van der Waals surface area contributed by atoms with Gasteiger partial charge in [0.25, 0.3) is 0 Å². The Morgan fingerprint density at radius 1 is 1.12 bits per heavy atom. The average molecular weight is 360 g/mol. The highest BCUT2D eigenvalue weighted by Crippen LogP contribution is 2.26. The first-order chi connectivity index (χ1) is 11.6. The van der Waals surface area contributed by atoms with Crippen molar-refractivity contribution in [2.24, 2.45) is 0 Å². The predicted octanol–water partition coefficient (Wildman–Crippen LogP) is 5.07. The number of halogens is 2. The van der Waals surface area contributed by atoms with E-state index >= 15 is 0 Å². The lowest BCUT2D eigenvalue weighted by Gasteiger charge is -2.11. The molecular weight excluding hydrogens is 345 g/mol. The second-order valence-corrected chi connectivity index (χ2v) is 6.51. The molecule has 0 fully saturated rings. The fraction of sp³-hybridized carbons (Fsp3) is 0.105. The highest BCUT2D eigenvalue weighted by atomic mass is 35.5. The zero-order valence-electron chi connectivity index (χ0n) is 12.8. The SMILES string of the molecule is O=C(Cc1c(F)cccc1Cl)NCc1ccccc1-c1ccsc1. The summed E-state index contributed by atoms with van der Waals surface area (Å²) >= 11 is 7.59. The predicted molar refractivity (Wildman–Crippen MR) is 96.7 cm³/mol. The molecule has 1 heterocycles. The summed E-state index contributed by atoms with van der Waals surface area (Å²) in [5.41, 5.74) is 3.46. The third-order valence-electron chi connectivity index (χ3n) is 3.72. The molecule has 0 aliphatic rings. The molecule has 0 radical (unpaired) electrons. The highest BCUT2D eigenvalue weighted by molar-refractivity contribution is 7.08. The van der Waals surface area contributed by atoms with Crippen molar-refractivity contribution in [3.63, 3.8) is 0 Å². The Balaban J connectivity index is 1.69. The van der Waals surface area contributed by atoms with Gasteiger partial charge in [-0.25, -0.2) is 4.39 Å². The van der Waals surface area contributed by atoms with Crippen LogP contribution in [0.5, 0.6) is 0 Å². The summed E-state index contributed by atoms with van der Waals surface area (Å²) in [4.78, 5) is 12.2. The van der Waals surface area contributed by atoms with Crippen molar-refractivity contribution in [2.45, 2.75) is 13.0 Å². The van der Waals surface area contributed by atoms with Crippen molar-refractivity contribution in [3.8, 4) is 11.1 Å². The molecule has 2 aromatic carbocycles. The fourth-order valence-electron chi connectivity index (χ4n) is 2.49. The van der Waals surface area contributed by atoms with E-state index in [4.69, 9.17) is 11.6 Å². The first-order valence-electron chi connectivity index (χ1n) is 7.45. The molecule has 1 amide bonds. The second kappa shape index (κ2) is 7.60. The molecule has 0 spiro atoms. The van der Waals surface area contributed by atoms with E-state index in [1.807, 2.05) is 35.7 Å². The summed E-state index contributed by atoms with van der Waals surface area (Å²) in [7, 11) is 0. The summed E-state index contributed by atoms with van der Waals surface area (Å²) in [6.45, 7) is 0.386. The van der Waals surface area contributed by atoms with Crippen molar-refractivity contribution in [2.75, 3.05) is 0 Å². The van der Waals surface area contributed by atoms with Gasteiger partial charge in [-0.15, -0.1) is 0 Å². The molecule has 0 saturated heterocycles. The topological polar surface area (TPSA) is 29.1 Å². The number of carbonyl (C=O) groups is 1. The average Bonchev–Trinajstić information content (AvgIpc) is 3.11. The van der Waals surface area contributed by atoms with E-state index in [1.54, 1.807) is 17.4 Å². The third kappa shape index (κ3) is 3.83. The zero-order chi connectivity index (χ0) is 16.9. The van der Waals surface area contributed by atoms with E-state index in [0.29, 0.717) is 6.54 Å². The number of nitrogens with one attached hydrogen (secondary N) is 1. The summed E-state index contributed by atoms with van der Waals surface area (Å²) < 4.78 is 13.8. The van der Waals surface area contributed by atoms with Crippen molar-refractivity contribution < 1.29 is 9.18 Å². The molecule has 1 N–H and O–H groups in total. The third-order valence-corrected chi connectivity index (χ3v) is 4.76. The van der Waals surface area contributed by atoms with Gasteiger partial charge in [-0.05, 0) is 45.6 Å². The summed E-state index contributed by atoms with van der Waals surface area (Å²) in [5, 5.41) is 7.20. The van der Waals surface area contributed by atoms with E-state index in [9.17, 15) is 9.18 Å². The quantitative estimate of drug-likeness (QED) is 0.677. The van der Waals surface area contributed by atoms with Crippen LogP contribution < -0.4 is 5.32 Å². The molecule has 2 nitrogen and oxygen atoms in total. The number of rotatable bonds is 5. The van der Waals surface area contributed by atoms with Gasteiger partial charge in [0.1, 0.15) is 5.82 Å². The Kier molecular flexibility index (Phi) is 5.28. The van der Waals surface area contributed by atoms with Crippen LogP contribution in [-0.4, -0.2) is 5.91 Å². The standard InChI is InChI=1S/C19H15ClFNOS/c20-17-6-3-7-18(21)16(17)10-19(23)22-11-13-4-1-2-5-15(13)14-8-9-24-12-14/h1-9,12H,10-11H2,(H,22,23). The van der Waals surface area contributed by atoms with E-state index in [2.05, 4.69) is 10.7 Å². The number of carbonyl (C=O) groups excluding carboxylic acids is 1. The van der Waals surface area contributed by atoms with Gasteiger partial charge in [0.2, 0.25) is 5.91 Å². The molecule has 3 aromatic rings. The van der Waals surface area contributed by atoms with Crippen molar-refractivity contribution in [1.82, 2.24) is 5.32 Å². The minimum atomic E-state index is -0.462. The van der Waals surface area contributed by atoms with Crippen LogP contribution in [0.2, 0.25) is 5.02 Å². The molecule has 122 valence electrons. The maximum Gasteiger partial charge on any atom is 0.224 e. The second-order valence-electron chi connectivity index (χ2n) is 5.32. The molecule has 24 heavy (non-hydrogen) atoms. The first kappa shape index (κ1) is 16.7. The van der Waals surface area contributed by atoms with Crippen molar-refractivity contribution in [1.29, 1.82) is 0 Å². The van der Waals surface area contributed by atoms with Gasteiger partial charge in [0, 0.05) is 17.1 Å². The molecule has 5 heteroatoms. The van der Waals surface area contributed by atoms with Crippen LogP contribution in [-0.2, 0) is 17.8 Å². The fourth-order valence-corrected chi connectivity index (χ4v) is 3.38. The minimum Gasteiger partial charge on any atom is -0.352 e. The Labute approximate surface area is 148 Å². The number of thiophene rings is 1. The van der Waals surface area contributed by atoms with Gasteiger partial charge in [-0.3, -0.25) is 4.79 Å². The molecule has 0 atom stereocenters. The van der Waals surface area contributed by atoms with E-state index in [0.717, 1.165) is 16.7 Å². The maximum absolute atomic E-state index is 13.8. The monoisotopic (exact) mass is 359 g/mol. The van der Waals surface area contributed by atoms with Gasteiger partial charge >= 0.3 is 0 Å². The molecule has 3 rings (SSSR count). The Morgan fingerprint density at radius 2 is 1.96 bits per heavy atom. The first-order valence-corrected chi connectivity index (χ1v) is 8.77. The Morgan fingerprint density at radius 3 is 2.71 bits per heavy atom. The molecule has 0 aliphatic carbocycles.